The molecule has 2 aromatic carbocycles. The van der Waals surface area contributed by atoms with Gasteiger partial charge in [-0.2, -0.15) is 0 Å². The fraction of sp³-hybridized carbons (Fsp3) is 0.353. The Labute approximate surface area is 259 Å². The second-order valence-electron chi connectivity index (χ2n) is 11.6. The van der Waals surface area contributed by atoms with Crippen molar-refractivity contribution in [2.45, 2.75) is 65.2 Å². The highest BCUT2D eigenvalue weighted by Gasteiger charge is 2.15. The molecule has 0 spiro atoms. The lowest BCUT2D eigenvalue weighted by atomic mass is 9.87. The van der Waals surface area contributed by atoms with Gasteiger partial charge in [-0.3, -0.25) is 9.59 Å². The third-order valence-electron chi connectivity index (χ3n) is 6.20. The lowest BCUT2D eigenvalue weighted by molar-refractivity contribution is 0.0953. The van der Waals surface area contributed by atoms with Crippen LogP contribution in [0.4, 0.5) is 0 Å². The predicted molar refractivity (Wildman–Crippen MR) is 178 cm³/mol. The second kappa shape index (κ2) is 16.6. The number of carbonyl (C=O) groups is 2. The van der Waals surface area contributed by atoms with Crippen LogP contribution in [0, 0.1) is 0 Å². The van der Waals surface area contributed by atoms with Crippen LogP contribution in [0.3, 0.4) is 0 Å². The van der Waals surface area contributed by atoms with Crippen LogP contribution in [0.15, 0.2) is 83.6 Å². The maximum Gasteiger partial charge on any atom is 0.252 e. The molecule has 0 aliphatic rings. The van der Waals surface area contributed by atoms with E-state index in [4.69, 9.17) is 17.3 Å². The number of carbonyl (C=O) groups excluding carboxylic acids is 2. The standard InChI is InChI=1S/C17H21NOS.C11H13ClO.C6H9NS/c1-17(2,3)14-8-6-13(7-9-14)16(19)18-11-10-15-5-4-12-20-15;1-11(2,3)9-6-4-8(5-7-9)10(12)13;7-4-3-6-2-1-5-8-6/h4-9,12H,10-11H2,1-3H3,(H,18,19);4-7H,1-3H3;1-2,5H,3-4,7H2. The van der Waals surface area contributed by atoms with Gasteiger partial charge in [0, 0.05) is 27.4 Å². The Morgan fingerprint density at radius 3 is 1.51 bits per heavy atom. The first kappa shape index (κ1) is 34.4. The zero-order valence-corrected chi connectivity index (χ0v) is 27.4. The summed E-state index contributed by atoms with van der Waals surface area (Å²) in [5, 5.41) is 6.69. The minimum atomic E-state index is -0.402. The smallest absolute Gasteiger partial charge is 0.252 e. The highest BCUT2D eigenvalue weighted by atomic mass is 35.5. The predicted octanol–water partition coefficient (Wildman–Crippen LogP) is 8.63. The van der Waals surface area contributed by atoms with E-state index in [1.54, 1.807) is 34.8 Å². The van der Waals surface area contributed by atoms with Crippen molar-refractivity contribution in [3.05, 3.63) is 116 Å². The van der Waals surface area contributed by atoms with Gasteiger partial charge in [0.2, 0.25) is 0 Å². The minimum Gasteiger partial charge on any atom is -0.352 e. The van der Waals surface area contributed by atoms with Crippen molar-refractivity contribution in [1.82, 2.24) is 5.32 Å². The van der Waals surface area contributed by atoms with E-state index in [2.05, 4.69) is 75.8 Å². The Kier molecular flexibility index (Phi) is 14.0. The van der Waals surface area contributed by atoms with E-state index in [1.807, 2.05) is 42.5 Å². The van der Waals surface area contributed by atoms with E-state index < -0.39 is 5.24 Å². The average Bonchev–Trinajstić information content (AvgIpc) is 3.64. The molecule has 0 aliphatic heterocycles. The molecule has 220 valence electrons. The molecule has 0 aliphatic carbocycles. The van der Waals surface area contributed by atoms with Gasteiger partial charge in [-0.05, 0) is 100 Å². The van der Waals surface area contributed by atoms with Gasteiger partial charge in [0.1, 0.15) is 0 Å². The second-order valence-corrected chi connectivity index (χ2v) is 14.0. The van der Waals surface area contributed by atoms with Gasteiger partial charge in [0.25, 0.3) is 11.1 Å². The van der Waals surface area contributed by atoms with Crippen LogP contribution in [-0.2, 0) is 23.7 Å². The van der Waals surface area contributed by atoms with E-state index in [0.717, 1.165) is 24.9 Å². The van der Waals surface area contributed by atoms with Crippen LogP contribution in [0.5, 0.6) is 0 Å². The fourth-order valence-electron chi connectivity index (χ4n) is 3.68. The molecular formula is C34H43ClN2O2S2. The zero-order chi connectivity index (χ0) is 30.5. The topological polar surface area (TPSA) is 72.2 Å². The number of halogens is 1. The molecule has 4 aromatic rings. The van der Waals surface area contributed by atoms with Crippen molar-refractivity contribution in [2.24, 2.45) is 5.73 Å². The fourth-order valence-corrected chi connectivity index (χ4v) is 5.24. The Hall–Kier alpha value is -2.77. The summed E-state index contributed by atoms with van der Waals surface area (Å²) in [6, 6.07) is 23.6. The van der Waals surface area contributed by atoms with Crippen molar-refractivity contribution in [2.75, 3.05) is 13.1 Å². The van der Waals surface area contributed by atoms with Crippen LogP contribution >= 0.6 is 34.3 Å². The maximum atomic E-state index is 12.0. The Balaban J connectivity index is 0.000000239. The number of amides is 1. The van der Waals surface area contributed by atoms with E-state index in [9.17, 15) is 9.59 Å². The molecule has 0 bridgehead atoms. The van der Waals surface area contributed by atoms with E-state index in [0.29, 0.717) is 12.1 Å². The summed E-state index contributed by atoms with van der Waals surface area (Å²) in [7, 11) is 0. The first-order valence-corrected chi connectivity index (χ1v) is 15.9. The van der Waals surface area contributed by atoms with Gasteiger partial charge >= 0.3 is 0 Å². The van der Waals surface area contributed by atoms with Crippen LogP contribution in [0.25, 0.3) is 0 Å². The summed E-state index contributed by atoms with van der Waals surface area (Å²) in [4.78, 5) is 25.5. The summed E-state index contributed by atoms with van der Waals surface area (Å²) in [5.41, 5.74) is 9.29. The normalized spacial score (nSPS) is 11.0. The minimum absolute atomic E-state index is 0.00187. The van der Waals surface area contributed by atoms with Crippen LogP contribution in [0.1, 0.15) is 83.1 Å². The average molecular weight is 611 g/mol. The van der Waals surface area contributed by atoms with Crippen molar-refractivity contribution in [1.29, 1.82) is 0 Å². The molecule has 0 atom stereocenters. The molecule has 0 unspecified atom stereocenters. The monoisotopic (exact) mass is 610 g/mol. The van der Waals surface area contributed by atoms with Crippen molar-refractivity contribution >= 4 is 45.4 Å². The van der Waals surface area contributed by atoms with Gasteiger partial charge in [0.15, 0.2) is 0 Å². The molecule has 1 amide bonds. The first-order chi connectivity index (χ1) is 19.3. The zero-order valence-electron chi connectivity index (χ0n) is 25.0. The number of nitrogens with two attached hydrogens (primary N) is 1. The summed E-state index contributed by atoms with van der Waals surface area (Å²) < 4.78 is 0. The molecule has 4 rings (SSSR count). The Bertz CT molecular complexity index is 1300. The molecule has 0 radical (unpaired) electrons. The lowest BCUT2D eigenvalue weighted by Crippen LogP contribution is -2.25. The molecule has 3 N–H and O–H groups in total. The van der Waals surface area contributed by atoms with E-state index >= 15 is 0 Å². The highest BCUT2D eigenvalue weighted by Crippen LogP contribution is 2.23. The molecule has 4 nitrogen and oxygen atoms in total. The van der Waals surface area contributed by atoms with Gasteiger partial charge in [-0.15, -0.1) is 22.7 Å². The lowest BCUT2D eigenvalue weighted by Gasteiger charge is -2.19. The molecule has 0 fully saturated rings. The number of benzene rings is 2. The van der Waals surface area contributed by atoms with Crippen LogP contribution in [0.2, 0.25) is 0 Å². The largest absolute Gasteiger partial charge is 0.352 e. The molecule has 7 heteroatoms. The number of nitrogens with one attached hydrogen (secondary N) is 1. The first-order valence-electron chi connectivity index (χ1n) is 13.7. The summed E-state index contributed by atoms with van der Waals surface area (Å²) >= 11 is 8.82. The highest BCUT2D eigenvalue weighted by molar-refractivity contribution is 7.10. The Morgan fingerprint density at radius 2 is 1.15 bits per heavy atom. The molecule has 2 heterocycles. The summed E-state index contributed by atoms with van der Waals surface area (Å²) in [5.74, 6) is 0.00187. The molecule has 41 heavy (non-hydrogen) atoms. The van der Waals surface area contributed by atoms with Gasteiger partial charge in [-0.25, -0.2) is 0 Å². The van der Waals surface area contributed by atoms with Gasteiger partial charge in [-0.1, -0.05) is 77.9 Å². The van der Waals surface area contributed by atoms with Crippen molar-refractivity contribution in [3.63, 3.8) is 0 Å². The molecular weight excluding hydrogens is 568 g/mol. The maximum absolute atomic E-state index is 12.0. The third-order valence-corrected chi connectivity index (χ3v) is 8.29. The molecule has 0 saturated carbocycles. The number of rotatable bonds is 7. The number of thiophene rings is 2. The number of hydrogen-bond donors (Lipinski definition) is 2. The summed E-state index contributed by atoms with van der Waals surface area (Å²) in [6.07, 6.45) is 1.92. The number of hydrogen-bond acceptors (Lipinski definition) is 5. The molecule has 2 aromatic heterocycles. The van der Waals surface area contributed by atoms with Crippen molar-refractivity contribution in [3.8, 4) is 0 Å². The quantitative estimate of drug-likeness (QED) is 0.206. The van der Waals surface area contributed by atoms with Gasteiger partial charge < -0.3 is 11.1 Å². The SMILES string of the molecule is CC(C)(C)c1ccc(C(=O)Cl)cc1.CC(C)(C)c1ccc(C(=O)NCCc2cccs2)cc1.NCCc1cccs1. The molecule has 0 saturated heterocycles. The third kappa shape index (κ3) is 12.7. The van der Waals surface area contributed by atoms with Crippen molar-refractivity contribution < 1.29 is 9.59 Å². The van der Waals surface area contributed by atoms with Crippen LogP contribution in [-0.4, -0.2) is 24.2 Å². The van der Waals surface area contributed by atoms with E-state index in [-0.39, 0.29) is 16.7 Å². The van der Waals surface area contributed by atoms with E-state index in [1.165, 1.54) is 20.9 Å². The van der Waals surface area contributed by atoms with Crippen LogP contribution < -0.4 is 11.1 Å². The Morgan fingerprint density at radius 1 is 0.707 bits per heavy atom. The summed E-state index contributed by atoms with van der Waals surface area (Å²) in [6.45, 7) is 14.3. The van der Waals surface area contributed by atoms with Gasteiger partial charge in [0.05, 0.1) is 0 Å².